The first-order valence-corrected chi connectivity index (χ1v) is 10.4. The molecule has 1 aliphatic rings. The number of methoxy groups -OCH3 is 1. The minimum Gasteiger partial charge on any atom is -0.493 e. The van der Waals surface area contributed by atoms with Crippen LogP contribution in [-0.4, -0.2) is 23.7 Å². The van der Waals surface area contributed by atoms with Crippen molar-refractivity contribution in [3.05, 3.63) is 50.4 Å². The average Bonchev–Trinajstić information content (AvgIpc) is 3.05. The van der Waals surface area contributed by atoms with Crippen LogP contribution in [0.4, 0.5) is 0 Å². The molecule has 0 spiro atoms. The van der Waals surface area contributed by atoms with E-state index in [2.05, 4.69) is 11.9 Å². The Morgan fingerprint density at radius 1 is 1.32 bits per heavy atom. The van der Waals surface area contributed by atoms with Gasteiger partial charge in [0.25, 0.3) is 5.56 Å². The molecule has 0 fully saturated rings. The van der Waals surface area contributed by atoms with Gasteiger partial charge in [0, 0.05) is 4.88 Å². The van der Waals surface area contributed by atoms with E-state index in [1.54, 1.807) is 18.4 Å². The number of fused-ring (bicyclic) bond motifs is 3. The molecule has 2 heterocycles. The maximum atomic E-state index is 12.7. The molecule has 6 heteroatoms. The molecule has 0 bridgehead atoms. The summed E-state index contributed by atoms with van der Waals surface area (Å²) in [6, 6.07) is 5.74. The molecule has 0 amide bonds. The number of hydrogen-bond acceptors (Lipinski definition) is 5. The van der Waals surface area contributed by atoms with Crippen molar-refractivity contribution < 1.29 is 9.47 Å². The second-order valence-corrected chi connectivity index (χ2v) is 8.24. The molecule has 146 valence electrons. The predicted molar refractivity (Wildman–Crippen MR) is 115 cm³/mol. The SMILES string of the molecule is CCOc1ccc(/C=C/c2nc3sc4c(c3c(=O)[nH]2)CC[C@H](C)C4)cc1OC. The number of ether oxygens (including phenoxy) is 2. The van der Waals surface area contributed by atoms with Gasteiger partial charge in [-0.1, -0.05) is 19.1 Å². The Kier molecular flexibility index (Phi) is 5.22. The summed E-state index contributed by atoms with van der Waals surface area (Å²) in [5, 5.41) is 0.784. The van der Waals surface area contributed by atoms with E-state index in [-0.39, 0.29) is 5.56 Å². The third-order valence-electron chi connectivity index (χ3n) is 5.10. The lowest BCUT2D eigenvalue weighted by Gasteiger charge is -2.17. The van der Waals surface area contributed by atoms with Crippen molar-refractivity contribution in [1.82, 2.24) is 9.97 Å². The van der Waals surface area contributed by atoms with Crippen LogP contribution >= 0.6 is 11.3 Å². The number of hydrogen-bond donors (Lipinski definition) is 1. The fourth-order valence-corrected chi connectivity index (χ4v) is 5.07. The van der Waals surface area contributed by atoms with Gasteiger partial charge in [-0.15, -0.1) is 11.3 Å². The Balaban J connectivity index is 1.66. The summed E-state index contributed by atoms with van der Waals surface area (Å²) in [4.78, 5) is 22.5. The summed E-state index contributed by atoms with van der Waals surface area (Å²) in [5.74, 6) is 2.64. The Bertz CT molecular complexity index is 1100. The largest absolute Gasteiger partial charge is 0.493 e. The second-order valence-electron chi connectivity index (χ2n) is 7.16. The van der Waals surface area contributed by atoms with Gasteiger partial charge in [-0.2, -0.15) is 0 Å². The topological polar surface area (TPSA) is 64.2 Å². The fourth-order valence-electron chi connectivity index (χ4n) is 3.68. The lowest BCUT2D eigenvalue weighted by molar-refractivity contribution is 0.311. The van der Waals surface area contributed by atoms with Crippen molar-refractivity contribution in [2.45, 2.75) is 33.1 Å². The van der Waals surface area contributed by atoms with E-state index in [4.69, 9.17) is 14.5 Å². The minimum absolute atomic E-state index is 0.0408. The van der Waals surface area contributed by atoms with Gasteiger partial charge in [0.2, 0.25) is 0 Å². The maximum Gasteiger partial charge on any atom is 0.260 e. The number of aromatic amines is 1. The molecule has 4 rings (SSSR count). The summed E-state index contributed by atoms with van der Waals surface area (Å²) in [5.41, 5.74) is 2.11. The van der Waals surface area contributed by atoms with Crippen molar-refractivity contribution in [3.63, 3.8) is 0 Å². The molecule has 28 heavy (non-hydrogen) atoms. The van der Waals surface area contributed by atoms with Gasteiger partial charge in [0.1, 0.15) is 10.7 Å². The predicted octanol–water partition coefficient (Wildman–Crippen LogP) is 4.69. The molecule has 0 radical (unpaired) electrons. The molecule has 1 aromatic carbocycles. The first-order valence-electron chi connectivity index (χ1n) is 9.62. The zero-order valence-electron chi connectivity index (χ0n) is 16.4. The van der Waals surface area contributed by atoms with E-state index in [9.17, 15) is 4.79 Å². The second kappa shape index (κ2) is 7.80. The van der Waals surface area contributed by atoms with Crippen LogP contribution in [0.1, 0.15) is 42.1 Å². The summed E-state index contributed by atoms with van der Waals surface area (Å²) >= 11 is 1.67. The first kappa shape index (κ1) is 18.7. The van der Waals surface area contributed by atoms with Gasteiger partial charge in [0.05, 0.1) is 19.1 Å². The Hall–Kier alpha value is -2.60. The van der Waals surface area contributed by atoms with E-state index >= 15 is 0 Å². The molecule has 1 N–H and O–H groups in total. The number of rotatable bonds is 5. The van der Waals surface area contributed by atoms with Gasteiger partial charge in [-0.05, 0) is 61.4 Å². The highest BCUT2D eigenvalue weighted by molar-refractivity contribution is 7.18. The molecule has 3 aromatic rings. The van der Waals surface area contributed by atoms with E-state index in [1.807, 2.05) is 37.3 Å². The van der Waals surface area contributed by atoms with Crippen LogP contribution in [0, 0.1) is 5.92 Å². The third-order valence-corrected chi connectivity index (χ3v) is 6.25. The fraction of sp³-hybridized carbons (Fsp3) is 0.364. The number of nitrogens with zero attached hydrogens (tertiary/aromatic N) is 1. The Morgan fingerprint density at radius 3 is 2.96 bits per heavy atom. The highest BCUT2D eigenvalue weighted by atomic mass is 32.1. The first-order chi connectivity index (χ1) is 13.6. The number of aryl methyl sites for hydroxylation is 1. The molecule has 2 aromatic heterocycles. The lowest BCUT2D eigenvalue weighted by Crippen LogP contribution is -2.13. The molecule has 0 saturated heterocycles. The van der Waals surface area contributed by atoms with E-state index in [1.165, 1.54) is 10.4 Å². The van der Waals surface area contributed by atoms with Crippen LogP contribution in [0.25, 0.3) is 22.4 Å². The molecule has 1 atom stereocenters. The Morgan fingerprint density at radius 2 is 2.18 bits per heavy atom. The van der Waals surface area contributed by atoms with Crippen molar-refractivity contribution in [2.75, 3.05) is 13.7 Å². The summed E-state index contributed by atoms with van der Waals surface area (Å²) in [6.45, 7) is 4.79. The molecule has 0 saturated carbocycles. The molecule has 5 nitrogen and oxygen atoms in total. The monoisotopic (exact) mass is 396 g/mol. The lowest BCUT2D eigenvalue weighted by atomic mass is 9.89. The summed E-state index contributed by atoms with van der Waals surface area (Å²) < 4.78 is 10.9. The normalized spacial score (nSPS) is 16.5. The number of H-pyrrole nitrogens is 1. The van der Waals surface area contributed by atoms with E-state index in [0.717, 1.165) is 35.0 Å². The maximum absolute atomic E-state index is 12.7. The molecule has 0 aliphatic heterocycles. The van der Waals surface area contributed by atoms with Crippen molar-refractivity contribution >= 4 is 33.7 Å². The molecule has 1 aliphatic carbocycles. The zero-order chi connectivity index (χ0) is 19.7. The molecular weight excluding hydrogens is 372 g/mol. The quantitative estimate of drug-likeness (QED) is 0.680. The van der Waals surface area contributed by atoms with Gasteiger partial charge in [0.15, 0.2) is 11.5 Å². The van der Waals surface area contributed by atoms with Gasteiger partial charge < -0.3 is 14.5 Å². The third kappa shape index (κ3) is 3.56. The standard InChI is InChI=1S/C22H24N2O3S/c1-4-27-16-9-6-14(12-17(16)26-3)7-10-19-23-21(25)20-15-8-5-13(2)11-18(15)28-22(20)24-19/h6-7,9-10,12-13H,4-5,8,11H2,1-3H3,(H,23,24,25)/b10-7+/t13-/m0/s1. The average molecular weight is 397 g/mol. The zero-order valence-corrected chi connectivity index (χ0v) is 17.2. The smallest absolute Gasteiger partial charge is 0.260 e. The van der Waals surface area contributed by atoms with Gasteiger partial charge in [-0.3, -0.25) is 4.79 Å². The number of thiophene rings is 1. The van der Waals surface area contributed by atoms with E-state index < -0.39 is 0 Å². The van der Waals surface area contributed by atoms with E-state index in [0.29, 0.717) is 29.8 Å². The van der Waals surface area contributed by atoms with Crippen molar-refractivity contribution in [2.24, 2.45) is 5.92 Å². The number of nitrogens with one attached hydrogen (secondary N) is 1. The van der Waals surface area contributed by atoms with Crippen LogP contribution in [0.2, 0.25) is 0 Å². The van der Waals surface area contributed by atoms with Crippen LogP contribution < -0.4 is 15.0 Å². The van der Waals surface area contributed by atoms with Crippen molar-refractivity contribution in [1.29, 1.82) is 0 Å². The highest BCUT2D eigenvalue weighted by Crippen LogP contribution is 2.35. The Labute approximate surface area is 168 Å². The van der Waals surface area contributed by atoms with Crippen molar-refractivity contribution in [3.8, 4) is 11.5 Å². The number of aromatic nitrogens is 2. The van der Waals surface area contributed by atoms with Crippen LogP contribution in [0.15, 0.2) is 23.0 Å². The summed E-state index contributed by atoms with van der Waals surface area (Å²) in [7, 11) is 1.62. The van der Waals surface area contributed by atoms with Crippen LogP contribution in [-0.2, 0) is 12.8 Å². The van der Waals surface area contributed by atoms with Crippen LogP contribution in [0.3, 0.4) is 0 Å². The molecule has 0 unspecified atom stereocenters. The molecular formula is C22H24N2O3S. The highest BCUT2D eigenvalue weighted by Gasteiger charge is 2.22. The van der Waals surface area contributed by atoms with Gasteiger partial charge in [-0.25, -0.2) is 4.98 Å². The number of benzene rings is 1. The minimum atomic E-state index is -0.0408. The summed E-state index contributed by atoms with van der Waals surface area (Å²) in [6.07, 6.45) is 6.91. The van der Waals surface area contributed by atoms with Gasteiger partial charge >= 0.3 is 0 Å². The van der Waals surface area contributed by atoms with Crippen LogP contribution in [0.5, 0.6) is 11.5 Å².